The van der Waals surface area contributed by atoms with Crippen LogP contribution >= 0.6 is 0 Å². The molecule has 1 fully saturated rings. The molecular weight excluding hydrogens is 344 g/mol. The Hall–Kier alpha value is -2.26. The number of ether oxygens (including phenoxy) is 1. The molecule has 10 heteroatoms. The SMILES string of the molecule is Nc1cc(C(=O)N[C@H]2CC[C@H](C(F)(F)F)CC2)c(OCCF)nc1N. The number of nitrogens with one attached hydrogen (secondary N) is 1. The Bertz CT molecular complexity index is 616. The number of hydrogen-bond donors (Lipinski definition) is 3. The minimum absolute atomic E-state index is 0.0295. The summed E-state index contributed by atoms with van der Waals surface area (Å²) in [6, 6.07) is 0.867. The van der Waals surface area contributed by atoms with Gasteiger partial charge in [-0.1, -0.05) is 0 Å². The fourth-order valence-electron chi connectivity index (χ4n) is 2.76. The van der Waals surface area contributed by atoms with E-state index in [-0.39, 0.29) is 61.3 Å². The molecule has 1 aromatic rings. The molecule has 1 aromatic heterocycles. The lowest BCUT2D eigenvalue weighted by atomic mass is 9.85. The Morgan fingerprint density at radius 2 is 1.92 bits per heavy atom. The lowest BCUT2D eigenvalue weighted by molar-refractivity contribution is -0.182. The Morgan fingerprint density at radius 1 is 1.28 bits per heavy atom. The highest BCUT2D eigenvalue weighted by molar-refractivity contribution is 5.98. The summed E-state index contributed by atoms with van der Waals surface area (Å²) in [5.74, 6) is -2.15. The minimum Gasteiger partial charge on any atom is -0.474 e. The smallest absolute Gasteiger partial charge is 0.391 e. The Morgan fingerprint density at radius 3 is 2.48 bits per heavy atom. The molecule has 5 N–H and O–H groups in total. The molecule has 1 saturated carbocycles. The Labute approximate surface area is 141 Å². The molecule has 1 aliphatic carbocycles. The summed E-state index contributed by atoms with van der Waals surface area (Å²) in [5, 5.41) is 2.65. The summed E-state index contributed by atoms with van der Waals surface area (Å²) in [6.45, 7) is -1.10. The van der Waals surface area contributed by atoms with Crippen LogP contribution in [0.1, 0.15) is 36.0 Å². The maximum atomic E-state index is 12.7. The summed E-state index contributed by atoms with van der Waals surface area (Å²) in [7, 11) is 0. The number of alkyl halides is 4. The second kappa shape index (κ2) is 7.75. The number of pyridine rings is 1. The predicted molar refractivity (Wildman–Crippen MR) is 83.8 cm³/mol. The number of amides is 1. The molecule has 1 heterocycles. The highest BCUT2D eigenvalue weighted by atomic mass is 19.4. The van der Waals surface area contributed by atoms with E-state index in [1.165, 1.54) is 6.07 Å². The van der Waals surface area contributed by atoms with Gasteiger partial charge < -0.3 is 21.5 Å². The summed E-state index contributed by atoms with van der Waals surface area (Å²) >= 11 is 0. The molecule has 0 unspecified atom stereocenters. The van der Waals surface area contributed by atoms with Crippen LogP contribution in [0.25, 0.3) is 0 Å². The highest BCUT2D eigenvalue weighted by Gasteiger charge is 2.41. The van der Waals surface area contributed by atoms with Crippen LogP contribution in [0.2, 0.25) is 0 Å². The molecule has 0 atom stereocenters. The van der Waals surface area contributed by atoms with Crippen LogP contribution in [0, 0.1) is 5.92 Å². The van der Waals surface area contributed by atoms with Crippen molar-refractivity contribution < 1.29 is 27.1 Å². The van der Waals surface area contributed by atoms with E-state index in [0.717, 1.165) is 0 Å². The standard InChI is InChI=1S/C15H20F4N4O2/c16-5-6-25-14-10(7-11(20)12(21)23-14)13(24)22-9-3-1-8(2-4-9)15(17,18)19/h7-9H,1-6,20H2,(H2,21,23)(H,22,24)/t8-,9-. The topological polar surface area (TPSA) is 103 Å². The maximum Gasteiger partial charge on any atom is 0.391 e. The number of anilines is 2. The van der Waals surface area contributed by atoms with Crippen LogP contribution in [-0.4, -0.2) is 36.4 Å². The van der Waals surface area contributed by atoms with Crippen LogP contribution in [0.15, 0.2) is 6.07 Å². The van der Waals surface area contributed by atoms with E-state index in [1.807, 2.05) is 0 Å². The second-order valence-corrected chi connectivity index (χ2v) is 5.92. The van der Waals surface area contributed by atoms with Gasteiger partial charge in [0.05, 0.1) is 11.6 Å². The summed E-state index contributed by atoms with van der Waals surface area (Å²) < 4.78 is 55.4. The van der Waals surface area contributed by atoms with Gasteiger partial charge in [0, 0.05) is 6.04 Å². The number of aromatic nitrogens is 1. The first-order valence-corrected chi connectivity index (χ1v) is 7.84. The summed E-state index contributed by atoms with van der Waals surface area (Å²) in [4.78, 5) is 16.2. The average Bonchev–Trinajstić information content (AvgIpc) is 2.55. The van der Waals surface area contributed by atoms with Gasteiger partial charge in [-0.2, -0.15) is 18.2 Å². The van der Waals surface area contributed by atoms with Crippen molar-refractivity contribution >= 4 is 17.4 Å². The van der Waals surface area contributed by atoms with Crippen molar-refractivity contribution in [1.29, 1.82) is 0 Å². The van der Waals surface area contributed by atoms with Gasteiger partial charge in [0.25, 0.3) is 5.91 Å². The van der Waals surface area contributed by atoms with Gasteiger partial charge in [0.1, 0.15) is 18.8 Å². The van der Waals surface area contributed by atoms with Crippen LogP contribution in [0.4, 0.5) is 29.1 Å². The maximum absolute atomic E-state index is 12.7. The lowest BCUT2D eigenvalue weighted by Gasteiger charge is -2.30. The zero-order valence-electron chi connectivity index (χ0n) is 13.4. The predicted octanol–water partition coefficient (Wildman–Crippen LogP) is 2.45. The molecule has 0 aromatic carbocycles. The van der Waals surface area contributed by atoms with Crippen LogP contribution in [0.5, 0.6) is 5.88 Å². The molecule has 140 valence electrons. The first-order chi connectivity index (χ1) is 11.7. The van der Waals surface area contributed by atoms with Crippen molar-refractivity contribution in [2.45, 2.75) is 37.9 Å². The molecule has 0 bridgehead atoms. The van der Waals surface area contributed by atoms with Gasteiger partial charge in [-0.05, 0) is 31.7 Å². The molecular formula is C15H20F4N4O2. The van der Waals surface area contributed by atoms with Crippen LogP contribution < -0.4 is 21.5 Å². The molecule has 0 saturated heterocycles. The zero-order chi connectivity index (χ0) is 18.6. The van der Waals surface area contributed by atoms with Crippen molar-refractivity contribution in [2.24, 2.45) is 5.92 Å². The normalized spacial score (nSPS) is 21.0. The zero-order valence-corrected chi connectivity index (χ0v) is 13.4. The second-order valence-electron chi connectivity index (χ2n) is 5.92. The number of nitrogen functional groups attached to an aromatic ring is 2. The number of rotatable bonds is 5. The van der Waals surface area contributed by atoms with Gasteiger partial charge in [0.2, 0.25) is 5.88 Å². The van der Waals surface area contributed by atoms with E-state index < -0.39 is 24.7 Å². The number of carbonyl (C=O) groups excluding carboxylic acids is 1. The largest absolute Gasteiger partial charge is 0.474 e. The van der Waals surface area contributed by atoms with Crippen molar-refractivity contribution in [3.63, 3.8) is 0 Å². The minimum atomic E-state index is -4.21. The van der Waals surface area contributed by atoms with E-state index in [0.29, 0.717) is 0 Å². The van der Waals surface area contributed by atoms with Gasteiger partial charge >= 0.3 is 6.18 Å². The number of hydrogen-bond acceptors (Lipinski definition) is 5. The summed E-state index contributed by atoms with van der Waals surface area (Å²) in [6.07, 6.45) is -3.86. The van der Waals surface area contributed by atoms with Gasteiger partial charge in [-0.25, -0.2) is 4.39 Å². The third kappa shape index (κ3) is 4.86. The van der Waals surface area contributed by atoms with Crippen molar-refractivity contribution in [1.82, 2.24) is 10.3 Å². The molecule has 0 spiro atoms. The van der Waals surface area contributed by atoms with Gasteiger partial charge in [0.15, 0.2) is 5.82 Å². The van der Waals surface area contributed by atoms with Crippen LogP contribution in [0.3, 0.4) is 0 Å². The highest BCUT2D eigenvalue weighted by Crippen LogP contribution is 2.37. The Kier molecular flexibility index (Phi) is 5.91. The number of halogens is 4. The number of carbonyl (C=O) groups is 1. The van der Waals surface area contributed by atoms with Crippen molar-refractivity contribution in [3.8, 4) is 5.88 Å². The average molecular weight is 364 g/mol. The molecule has 6 nitrogen and oxygen atoms in total. The third-order valence-corrected chi connectivity index (χ3v) is 4.13. The van der Waals surface area contributed by atoms with Crippen molar-refractivity contribution in [2.75, 3.05) is 24.7 Å². The third-order valence-electron chi connectivity index (χ3n) is 4.13. The molecule has 1 amide bonds. The fraction of sp³-hybridized carbons (Fsp3) is 0.600. The molecule has 1 aliphatic rings. The fourth-order valence-corrected chi connectivity index (χ4v) is 2.76. The molecule has 0 radical (unpaired) electrons. The van der Waals surface area contributed by atoms with Gasteiger partial charge in [-0.3, -0.25) is 4.79 Å². The van der Waals surface area contributed by atoms with E-state index in [1.54, 1.807) is 0 Å². The number of nitrogens with two attached hydrogens (primary N) is 2. The van der Waals surface area contributed by atoms with Crippen molar-refractivity contribution in [3.05, 3.63) is 11.6 Å². The monoisotopic (exact) mass is 364 g/mol. The lowest BCUT2D eigenvalue weighted by Crippen LogP contribution is -2.40. The summed E-state index contributed by atoms with van der Waals surface area (Å²) in [5.41, 5.74) is 11.2. The van der Waals surface area contributed by atoms with E-state index in [4.69, 9.17) is 16.2 Å². The van der Waals surface area contributed by atoms with Crippen LogP contribution in [-0.2, 0) is 0 Å². The van der Waals surface area contributed by atoms with E-state index in [2.05, 4.69) is 10.3 Å². The first kappa shape index (κ1) is 19.1. The Balaban J connectivity index is 2.05. The van der Waals surface area contributed by atoms with E-state index >= 15 is 0 Å². The number of nitrogens with zero attached hydrogens (tertiary/aromatic N) is 1. The molecule has 0 aliphatic heterocycles. The molecule has 2 rings (SSSR count). The first-order valence-electron chi connectivity index (χ1n) is 7.84. The van der Waals surface area contributed by atoms with Gasteiger partial charge in [-0.15, -0.1) is 0 Å². The van der Waals surface area contributed by atoms with E-state index in [9.17, 15) is 22.4 Å². The molecule has 25 heavy (non-hydrogen) atoms. The quantitative estimate of drug-likeness (QED) is 0.697.